The highest BCUT2D eigenvalue weighted by molar-refractivity contribution is 5.99. The summed E-state index contributed by atoms with van der Waals surface area (Å²) in [6, 6.07) is 15.9. The maximum atomic E-state index is 12.7. The number of rotatable bonds is 2. The number of fused-ring (bicyclic) bond motifs is 2. The van der Waals surface area contributed by atoms with E-state index in [0.717, 1.165) is 21.9 Å². The molecule has 3 aromatic heterocycles. The van der Waals surface area contributed by atoms with Crippen LogP contribution in [0.1, 0.15) is 0 Å². The van der Waals surface area contributed by atoms with Crippen molar-refractivity contribution in [3.63, 3.8) is 0 Å². The summed E-state index contributed by atoms with van der Waals surface area (Å²) in [6.07, 6.45) is 3.35. The van der Waals surface area contributed by atoms with Gasteiger partial charge in [-0.25, -0.2) is 0 Å². The maximum Gasteiger partial charge on any atom is 0.301 e. The lowest BCUT2D eigenvalue weighted by Gasteiger charge is -2.04. The maximum absolute atomic E-state index is 12.7. The minimum atomic E-state index is -0.277. The standard InChI is InChI=1S/C18H12N6O/c25-18-16(15-8-9-19-21-15)22-23-17-14(10-20-24(17)18)13-7-3-5-11-4-1-2-6-12(11)13/h1-10,20H,(H,19,21). The number of aromatic amines is 2. The van der Waals surface area contributed by atoms with Crippen molar-refractivity contribution in [2.24, 2.45) is 0 Å². The molecule has 0 aliphatic rings. The normalized spacial score (nSPS) is 11.4. The van der Waals surface area contributed by atoms with Gasteiger partial charge < -0.3 is 0 Å². The predicted octanol–water partition coefficient (Wildman–Crippen LogP) is 2.63. The van der Waals surface area contributed by atoms with Crippen LogP contribution in [-0.2, 0) is 0 Å². The number of benzene rings is 2. The van der Waals surface area contributed by atoms with E-state index in [1.165, 1.54) is 4.52 Å². The second-order valence-electron chi connectivity index (χ2n) is 5.70. The Hall–Kier alpha value is -3.74. The van der Waals surface area contributed by atoms with E-state index in [4.69, 9.17) is 0 Å². The lowest BCUT2D eigenvalue weighted by atomic mass is 10.0. The van der Waals surface area contributed by atoms with Crippen molar-refractivity contribution < 1.29 is 0 Å². The fourth-order valence-corrected chi connectivity index (χ4v) is 3.09. The number of hydrogen-bond acceptors (Lipinski definition) is 4. The van der Waals surface area contributed by atoms with Gasteiger partial charge in [0.05, 0.1) is 5.69 Å². The summed E-state index contributed by atoms with van der Waals surface area (Å²) in [4.78, 5) is 12.7. The van der Waals surface area contributed by atoms with E-state index < -0.39 is 0 Å². The van der Waals surface area contributed by atoms with Crippen LogP contribution in [0.4, 0.5) is 0 Å². The largest absolute Gasteiger partial charge is 0.301 e. The fourth-order valence-electron chi connectivity index (χ4n) is 3.09. The molecule has 0 atom stereocenters. The van der Waals surface area contributed by atoms with Gasteiger partial charge in [0.15, 0.2) is 11.3 Å². The van der Waals surface area contributed by atoms with Gasteiger partial charge in [0.2, 0.25) is 0 Å². The van der Waals surface area contributed by atoms with Crippen LogP contribution in [-0.4, -0.2) is 30.0 Å². The molecule has 7 nitrogen and oxygen atoms in total. The minimum absolute atomic E-state index is 0.223. The lowest BCUT2D eigenvalue weighted by molar-refractivity contribution is 0.854. The first kappa shape index (κ1) is 13.7. The average Bonchev–Trinajstić information content (AvgIpc) is 3.32. The monoisotopic (exact) mass is 328 g/mol. The highest BCUT2D eigenvalue weighted by Crippen LogP contribution is 2.30. The third-order valence-electron chi connectivity index (χ3n) is 4.28. The van der Waals surface area contributed by atoms with Crippen LogP contribution in [0.3, 0.4) is 0 Å². The van der Waals surface area contributed by atoms with E-state index in [1.807, 2.05) is 24.3 Å². The first-order valence-corrected chi connectivity index (χ1v) is 7.77. The molecule has 5 aromatic rings. The summed E-state index contributed by atoms with van der Waals surface area (Å²) < 4.78 is 1.40. The molecule has 2 aromatic carbocycles. The zero-order chi connectivity index (χ0) is 16.8. The molecule has 0 saturated carbocycles. The molecule has 25 heavy (non-hydrogen) atoms. The number of aromatic nitrogens is 6. The van der Waals surface area contributed by atoms with E-state index in [2.05, 4.69) is 43.7 Å². The molecule has 0 fully saturated rings. The van der Waals surface area contributed by atoms with Gasteiger partial charge >= 0.3 is 5.56 Å². The third kappa shape index (κ3) is 1.99. The van der Waals surface area contributed by atoms with Crippen molar-refractivity contribution in [1.29, 1.82) is 0 Å². The Morgan fingerprint density at radius 2 is 1.80 bits per heavy atom. The SMILES string of the molecule is O=c1c(-c2ccn[nH]2)nnc2c(-c3cccc4ccccc34)c[nH]n12. The zero-order valence-electron chi connectivity index (χ0n) is 13.0. The van der Waals surface area contributed by atoms with Crippen molar-refractivity contribution in [1.82, 2.24) is 30.0 Å². The predicted molar refractivity (Wildman–Crippen MR) is 94.1 cm³/mol. The molecule has 0 unspecified atom stereocenters. The van der Waals surface area contributed by atoms with Gasteiger partial charge in [-0.05, 0) is 22.4 Å². The van der Waals surface area contributed by atoms with E-state index in [1.54, 1.807) is 18.5 Å². The van der Waals surface area contributed by atoms with Crippen molar-refractivity contribution >= 4 is 16.4 Å². The zero-order valence-corrected chi connectivity index (χ0v) is 13.0. The van der Waals surface area contributed by atoms with Crippen LogP contribution in [0.5, 0.6) is 0 Å². The summed E-state index contributed by atoms with van der Waals surface area (Å²) in [5, 5.41) is 20.2. The average molecular weight is 328 g/mol. The van der Waals surface area contributed by atoms with Crippen molar-refractivity contribution in [2.45, 2.75) is 0 Å². The second-order valence-corrected chi connectivity index (χ2v) is 5.70. The molecule has 5 rings (SSSR count). The van der Waals surface area contributed by atoms with Crippen LogP contribution >= 0.6 is 0 Å². The molecule has 3 heterocycles. The van der Waals surface area contributed by atoms with Crippen LogP contribution in [0.2, 0.25) is 0 Å². The molecule has 0 aliphatic carbocycles. The van der Waals surface area contributed by atoms with Gasteiger partial charge in [-0.1, -0.05) is 42.5 Å². The van der Waals surface area contributed by atoms with Gasteiger partial charge in [-0.15, -0.1) is 10.2 Å². The van der Waals surface area contributed by atoms with E-state index >= 15 is 0 Å². The lowest BCUT2D eigenvalue weighted by Crippen LogP contribution is -2.19. The molecule has 0 radical (unpaired) electrons. The molecule has 120 valence electrons. The molecule has 0 spiro atoms. The topological polar surface area (TPSA) is 91.7 Å². The number of H-pyrrole nitrogens is 2. The number of hydrogen-bond donors (Lipinski definition) is 2. The molecule has 0 saturated heterocycles. The van der Waals surface area contributed by atoms with Crippen molar-refractivity contribution in [2.75, 3.05) is 0 Å². The Labute approximate surface area is 141 Å². The quantitative estimate of drug-likeness (QED) is 0.521. The first-order chi connectivity index (χ1) is 12.3. The smallest absolute Gasteiger partial charge is 0.296 e. The van der Waals surface area contributed by atoms with Crippen molar-refractivity contribution in [3.05, 3.63) is 71.3 Å². The van der Waals surface area contributed by atoms with E-state index in [0.29, 0.717) is 11.3 Å². The first-order valence-electron chi connectivity index (χ1n) is 7.77. The summed E-state index contributed by atoms with van der Waals surface area (Å²) in [5.74, 6) is 0. The fraction of sp³-hybridized carbons (Fsp3) is 0. The highest BCUT2D eigenvalue weighted by atomic mass is 16.1. The van der Waals surface area contributed by atoms with E-state index in [-0.39, 0.29) is 11.3 Å². The Balaban J connectivity index is 1.79. The molecule has 7 heteroatoms. The minimum Gasteiger partial charge on any atom is -0.296 e. The molecular weight excluding hydrogens is 316 g/mol. The van der Waals surface area contributed by atoms with Crippen molar-refractivity contribution in [3.8, 4) is 22.5 Å². The molecular formula is C18H12N6O. The second kappa shape index (κ2) is 5.13. The molecule has 2 N–H and O–H groups in total. The Morgan fingerprint density at radius 1 is 0.920 bits per heavy atom. The van der Waals surface area contributed by atoms with Gasteiger partial charge in [-0.2, -0.15) is 9.61 Å². The Morgan fingerprint density at radius 3 is 2.68 bits per heavy atom. The molecule has 0 amide bonds. The number of nitrogens with zero attached hydrogens (tertiary/aromatic N) is 4. The molecule has 0 bridgehead atoms. The Kier molecular flexibility index (Phi) is 2.81. The highest BCUT2D eigenvalue weighted by Gasteiger charge is 2.16. The van der Waals surface area contributed by atoms with Gasteiger partial charge in [0.25, 0.3) is 0 Å². The summed E-state index contributed by atoms with van der Waals surface area (Å²) in [7, 11) is 0. The van der Waals surface area contributed by atoms with Crippen LogP contribution in [0.15, 0.2) is 65.7 Å². The van der Waals surface area contributed by atoms with Gasteiger partial charge in [-0.3, -0.25) is 15.0 Å². The van der Waals surface area contributed by atoms with Gasteiger partial charge in [0.1, 0.15) is 0 Å². The van der Waals surface area contributed by atoms with Gasteiger partial charge in [0, 0.05) is 18.0 Å². The van der Waals surface area contributed by atoms with Crippen LogP contribution in [0.25, 0.3) is 38.9 Å². The Bertz CT molecular complexity index is 1260. The van der Waals surface area contributed by atoms with Crippen LogP contribution < -0.4 is 5.56 Å². The number of nitrogens with one attached hydrogen (secondary N) is 2. The third-order valence-corrected chi connectivity index (χ3v) is 4.28. The summed E-state index contributed by atoms with van der Waals surface area (Å²) in [6.45, 7) is 0. The summed E-state index contributed by atoms with van der Waals surface area (Å²) in [5.41, 5.74) is 2.80. The summed E-state index contributed by atoms with van der Waals surface area (Å²) >= 11 is 0. The van der Waals surface area contributed by atoms with Crippen LogP contribution in [0, 0.1) is 0 Å². The van der Waals surface area contributed by atoms with E-state index in [9.17, 15) is 4.79 Å². The molecule has 0 aliphatic heterocycles.